The predicted octanol–water partition coefficient (Wildman–Crippen LogP) is 3.66. The number of carbonyl (C=O) groups is 2. The van der Waals surface area contributed by atoms with E-state index in [9.17, 15) is 18.0 Å². The van der Waals surface area contributed by atoms with Gasteiger partial charge in [0.15, 0.2) is 0 Å². The van der Waals surface area contributed by atoms with Gasteiger partial charge in [-0.15, -0.1) is 11.3 Å². The van der Waals surface area contributed by atoms with E-state index >= 15 is 0 Å². The third-order valence-corrected chi connectivity index (χ3v) is 6.93. The molecule has 0 spiro atoms. The Morgan fingerprint density at radius 1 is 0.967 bits per heavy atom. The standard InChI is InChI=1S/C21H29N3O4S2/c1-14(2)12-24(13-15(3)4)30(27,28)17-8-6-16(7-9-17)19(25)23-21-18(10-11-29-21)20(26)22-5/h6-11,14-15H,12-13H2,1-5H3,(H,22,26)(H,23,25). The average Bonchev–Trinajstić information content (AvgIpc) is 3.14. The lowest BCUT2D eigenvalue weighted by atomic mass is 10.2. The molecule has 164 valence electrons. The first-order valence-corrected chi connectivity index (χ1v) is 12.1. The van der Waals surface area contributed by atoms with E-state index in [4.69, 9.17) is 0 Å². The van der Waals surface area contributed by atoms with Gasteiger partial charge in [0.05, 0.1) is 10.5 Å². The molecule has 0 aliphatic carbocycles. The molecule has 0 saturated carbocycles. The number of rotatable bonds is 9. The molecule has 7 nitrogen and oxygen atoms in total. The van der Waals surface area contributed by atoms with Gasteiger partial charge in [0.25, 0.3) is 11.8 Å². The summed E-state index contributed by atoms with van der Waals surface area (Å²) >= 11 is 1.24. The number of thiophene rings is 1. The summed E-state index contributed by atoms with van der Waals surface area (Å²) in [5.41, 5.74) is 0.692. The Hall–Kier alpha value is -2.23. The lowest BCUT2D eigenvalue weighted by Crippen LogP contribution is -2.37. The molecule has 2 N–H and O–H groups in total. The fourth-order valence-electron chi connectivity index (χ4n) is 2.91. The first kappa shape index (κ1) is 24.0. The fourth-order valence-corrected chi connectivity index (χ4v) is 5.45. The van der Waals surface area contributed by atoms with Crippen molar-refractivity contribution in [1.29, 1.82) is 0 Å². The molecule has 0 radical (unpaired) electrons. The van der Waals surface area contributed by atoms with E-state index < -0.39 is 15.9 Å². The average molecular weight is 452 g/mol. The largest absolute Gasteiger partial charge is 0.355 e. The summed E-state index contributed by atoms with van der Waals surface area (Å²) in [6.07, 6.45) is 0. The Morgan fingerprint density at radius 2 is 1.53 bits per heavy atom. The summed E-state index contributed by atoms with van der Waals surface area (Å²) in [4.78, 5) is 24.6. The Morgan fingerprint density at radius 3 is 2.03 bits per heavy atom. The molecular weight excluding hydrogens is 422 g/mol. The third kappa shape index (κ3) is 5.90. The summed E-state index contributed by atoms with van der Waals surface area (Å²) in [6.45, 7) is 8.79. The molecule has 2 aromatic rings. The van der Waals surface area contributed by atoms with Gasteiger partial charge in [-0.2, -0.15) is 4.31 Å². The Labute approximate surface area is 182 Å². The van der Waals surface area contributed by atoms with Crippen molar-refractivity contribution in [3.63, 3.8) is 0 Å². The van der Waals surface area contributed by atoms with Gasteiger partial charge < -0.3 is 10.6 Å². The van der Waals surface area contributed by atoms with Crippen LogP contribution >= 0.6 is 11.3 Å². The third-order valence-electron chi connectivity index (χ3n) is 4.26. The number of nitrogens with zero attached hydrogens (tertiary/aromatic N) is 1. The van der Waals surface area contributed by atoms with Crippen LogP contribution in [0.15, 0.2) is 40.6 Å². The molecule has 2 rings (SSSR count). The summed E-state index contributed by atoms with van der Waals surface area (Å²) in [7, 11) is -2.13. The van der Waals surface area contributed by atoms with Crippen LogP contribution in [0.25, 0.3) is 0 Å². The smallest absolute Gasteiger partial charge is 0.256 e. The van der Waals surface area contributed by atoms with E-state index in [1.165, 1.54) is 47.0 Å². The number of benzene rings is 1. The molecule has 1 aromatic carbocycles. The van der Waals surface area contributed by atoms with Gasteiger partial charge in [0.2, 0.25) is 10.0 Å². The maximum atomic E-state index is 13.1. The zero-order valence-electron chi connectivity index (χ0n) is 17.9. The first-order valence-electron chi connectivity index (χ1n) is 9.77. The highest BCUT2D eigenvalue weighted by Crippen LogP contribution is 2.24. The molecule has 0 aliphatic rings. The zero-order valence-corrected chi connectivity index (χ0v) is 19.6. The minimum Gasteiger partial charge on any atom is -0.355 e. The van der Waals surface area contributed by atoms with Crippen molar-refractivity contribution >= 4 is 38.2 Å². The van der Waals surface area contributed by atoms with Crippen molar-refractivity contribution in [2.75, 3.05) is 25.5 Å². The second-order valence-corrected chi connectivity index (χ2v) is 10.7. The summed E-state index contributed by atoms with van der Waals surface area (Å²) in [5.74, 6) is -0.302. The topological polar surface area (TPSA) is 95.6 Å². The van der Waals surface area contributed by atoms with Gasteiger partial charge in [-0.3, -0.25) is 9.59 Å². The Balaban J connectivity index is 2.21. The number of anilines is 1. The normalized spacial score (nSPS) is 11.9. The summed E-state index contributed by atoms with van der Waals surface area (Å²) < 4.78 is 27.7. The molecule has 0 atom stereocenters. The number of nitrogens with one attached hydrogen (secondary N) is 2. The van der Waals surface area contributed by atoms with Gasteiger partial charge in [-0.25, -0.2) is 8.42 Å². The summed E-state index contributed by atoms with van der Waals surface area (Å²) in [5, 5.41) is 7.40. The number of carbonyl (C=O) groups excluding carboxylic acids is 2. The molecule has 0 bridgehead atoms. The van der Waals surface area contributed by atoms with Crippen molar-refractivity contribution in [2.45, 2.75) is 32.6 Å². The van der Waals surface area contributed by atoms with Crippen LogP contribution in [0.2, 0.25) is 0 Å². The molecule has 2 amide bonds. The van der Waals surface area contributed by atoms with Gasteiger partial charge in [-0.05, 0) is 47.5 Å². The molecular formula is C21H29N3O4S2. The maximum Gasteiger partial charge on any atom is 0.256 e. The number of hydrogen-bond acceptors (Lipinski definition) is 5. The second-order valence-electron chi connectivity index (χ2n) is 7.83. The van der Waals surface area contributed by atoms with E-state index in [0.717, 1.165) is 0 Å². The number of sulfonamides is 1. The molecule has 9 heteroatoms. The van der Waals surface area contributed by atoms with E-state index in [0.29, 0.717) is 29.2 Å². The maximum absolute atomic E-state index is 13.1. The molecule has 0 fully saturated rings. The van der Waals surface area contributed by atoms with Crippen LogP contribution in [0.3, 0.4) is 0 Å². The lowest BCUT2D eigenvalue weighted by molar-refractivity contribution is 0.0964. The Bertz CT molecular complexity index is 970. The van der Waals surface area contributed by atoms with Gasteiger partial charge >= 0.3 is 0 Å². The Kier molecular flexibility index (Phi) is 8.17. The van der Waals surface area contributed by atoms with Crippen LogP contribution in [0, 0.1) is 11.8 Å². The minimum atomic E-state index is -3.65. The molecule has 1 aromatic heterocycles. The van der Waals surface area contributed by atoms with Crippen LogP contribution in [0.4, 0.5) is 5.00 Å². The van der Waals surface area contributed by atoms with E-state index in [-0.39, 0.29) is 22.6 Å². The number of amides is 2. The van der Waals surface area contributed by atoms with Crippen LogP contribution in [0.1, 0.15) is 48.4 Å². The second kappa shape index (κ2) is 10.2. The van der Waals surface area contributed by atoms with Crippen molar-refractivity contribution in [3.05, 3.63) is 46.8 Å². The van der Waals surface area contributed by atoms with Crippen LogP contribution in [-0.2, 0) is 10.0 Å². The van der Waals surface area contributed by atoms with Crippen LogP contribution in [0.5, 0.6) is 0 Å². The molecule has 0 saturated heterocycles. The summed E-state index contributed by atoms with van der Waals surface area (Å²) in [6, 6.07) is 7.50. The lowest BCUT2D eigenvalue weighted by Gasteiger charge is -2.25. The highest BCUT2D eigenvalue weighted by Gasteiger charge is 2.26. The predicted molar refractivity (Wildman–Crippen MR) is 121 cm³/mol. The first-order chi connectivity index (χ1) is 14.1. The van der Waals surface area contributed by atoms with E-state index in [1.54, 1.807) is 11.4 Å². The molecule has 30 heavy (non-hydrogen) atoms. The number of hydrogen-bond donors (Lipinski definition) is 2. The van der Waals surface area contributed by atoms with Crippen molar-refractivity contribution in [2.24, 2.45) is 11.8 Å². The molecule has 0 aliphatic heterocycles. The quantitative estimate of drug-likeness (QED) is 0.608. The van der Waals surface area contributed by atoms with Crippen LogP contribution < -0.4 is 10.6 Å². The highest BCUT2D eigenvalue weighted by atomic mass is 32.2. The van der Waals surface area contributed by atoms with Gasteiger partial charge in [0, 0.05) is 25.7 Å². The highest BCUT2D eigenvalue weighted by molar-refractivity contribution is 7.89. The fraction of sp³-hybridized carbons (Fsp3) is 0.429. The van der Waals surface area contributed by atoms with Gasteiger partial charge in [0.1, 0.15) is 5.00 Å². The molecule has 1 heterocycles. The van der Waals surface area contributed by atoms with Crippen molar-refractivity contribution in [3.8, 4) is 0 Å². The molecule has 0 unspecified atom stereocenters. The minimum absolute atomic E-state index is 0.155. The van der Waals surface area contributed by atoms with Crippen molar-refractivity contribution < 1.29 is 18.0 Å². The van der Waals surface area contributed by atoms with Crippen molar-refractivity contribution in [1.82, 2.24) is 9.62 Å². The monoisotopic (exact) mass is 451 g/mol. The van der Waals surface area contributed by atoms with E-state index in [1.807, 2.05) is 27.7 Å². The van der Waals surface area contributed by atoms with E-state index in [2.05, 4.69) is 10.6 Å². The van der Waals surface area contributed by atoms with Crippen LogP contribution in [-0.4, -0.2) is 44.7 Å². The SMILES string of the molecule is CNC(=O)c1ccsc1NC(=O)c1ccc(S(=O)(=O)N(CC(C)C)CC(C)C)cc1. The zero-order chi connectivity index (χ0) is 22.5. The van der Waals surface area contributed by atoms with Gasteiger partial charge in [-0.1, -0.05) is 27.7 Å².